The van der Waals surface area contributed by atoms with Crippen LogP contribution in [0.2, 0.25) is 0 Å². The van der Waals surface area contributed by atoms with Crippen LogP contribution in [-0.4, -0.2) is 53.7 Å². The first-order valence-corrected chi connectivity index (χ1v) is 10.9. The number of piperidine rings is 1. The summed E-state index contributed by atoms with van der Waals surface area (Å²) in [6, 6.07) is 4.33. The number of aliphatic imine (C=N–C) groups is 1. The Bertz CT molecular complexity index is 852. The molecule has 0 unspecified atom stereocenters. The predicted molar refractivity (Wildman–Crippen MR) is 117 cm³/mol. The van der Waals surface area contributed by atoms with E-state index in [1.165, 1.54) is 17.5 Å². The second kappa shape index (κ2) is 9.32. The molecule has 1 aliphatic heterocycles. The van der Waals surface area contributed by atoms with E-state index in [0.717, 1.165) is 55.2 Å². The van der Waals surface area contributed by atoms with E-state index in [9.17, 15) is 4.79 Å². The molecule has 2 aromatic rings. The van der Waals surface area contributed by atoms with Gasteiger partial charge in [0.05, 0.1) is 17.0 Å². The summed E-state index contributed by atoms with van der Waals surface area (Å²) in [7, 11) is 2.02. The van der Waals surface area contributed by atoms with Gasteiger partial charge < -0.3 is 9.80 Å². The Labute approximate surface area is 172 Å². The summed E-state index contributed by atoms with van der Waals surface area (Å²) >= 11 is 1.58. The minimum absolute atomic E-state index is 0.0832. The van der Waals surface area contributed by atoms with Crippen molar-refractivity contribution in [1.29, 1.82) is 0 Å². The molecule has 0 bridgehead atoms. The number of hydrogen-bond acceptors (Lipinski definition) is 4. The molecule has 1 amide bonds. The summed E-state index contributed by atoms with van der Waals surface area (Å²) in [5.41, 5.74) is 5.20. The largest absolute Gasteiger partial charge is 0.366 e. The molecule has 1 aliphatic rings. The lowest BCUT2D eigenvalue weighted by atomic mass is 10.0. The maximum absolute atomic E-state index is 12.6. The van der Waals surface area contributed by atoms with Crippen molar-refractivity contribution in [1.82, 2.24) is 14.8 Å². The zero-order valence-electron chi connectivity index (χ0n) is 17.4. The van der Waals surface area contributed by atoms with Crippen LogP contribution in [0.25, 0.3) is 0 Å². The van der Waals surface area contributed by atoms with E-state index in [0.29, 0.717) is 5.69 Å². The highest BCUT2D eigenvalue weighted by atomic mass is 32.1. The molecule has 5 nitrogen and oxygen atoms in total. The molecule has 0 aliphatic carbocycles. The van der Waals surface area contributed by atoms with Gasteiger partial charge in [0.25, 0.3) is 5.91 Å². The van der Waals surface area contributed by atoms with Crippen LogP contribution in [0.4, 0.5) is 5.69 Å². The molecule has 1 fully saturated rings. The summed E-state index contributed by atoms with van der Waals surface area (Å²) in [5, 5.41) is 2.90. The first kappa shape index (κ1) is 20.5. The van der Waals surface area contributed by atoms with Crippen molar-refractivity contribution in [3.63, 3.8) is 0 Å². The number of nitrogens with zero attached hydrogens (tertiary/aromatic N) is 4. The summed E-state index contributed by atoms with van der Waals surface area (Å²) in [4.78, 5) is 25.9. The van der Waals surface area contributed by atoms with Crippen molar-refractivity contribution in [2.75, 3.05) is 26.7 Å². The summed E-state index contributed by atoms with van der Waals surface area (Å²) in [6.07, 6.45) is 6.05. The quantitative estimate of drug-likeness (QED) is 0.528. The molecule has 1 saturated heterocycles. The van der Waals surface area contributed by atoms with E-state index in [1.807, 2.05) is 23.7 Å². The van der Waals surface area contributed by atoms with Gasteiger partial charge in [-0.2, -0.15) is 0 Å². The lowest BCUT2D eigenvalue weighted by molar-refractivity contribution is 0.0719. The number of carbonyl (C=O) groups excluding carboxylic acids is 1. The normalized spacial score (nSPS) is 14.6. The molecule has 0 N–H and O–H groups in total. The number of aromatic nitrogens is 1. The van der Waals surface area contributed by atoms with Crippen LogP contribution in [0.3, 0.4) is 0 Å². The standard InChI is InChI=1S/C22H30N4OS/c1-5-25(4)15-23-19-12-16(2)18(11-17(19)3)13-21-24-20(14-28-21)22(27)26-9-7-6-8-10-26/h11-12,14-15H,5-10,13H2,1-4H3/b23-15+. The van der Waals surface area contributed by atoms with Crippen LogP contribution in [0.15, 0.2) is 22.5 Å². The molecule has 6 heteroatoms. The second-order valence-corrected chi connectivity index (χ2v) is 8.48. The average molecular weight is 399 g/mol. The van der Waals surface area contributed by atoms with Gasteiger partial charge in [0.1, 0.15) is 5.69 Å². The van der Waals surface area contributed by atoms with Gasteiger partial charge in [0.15, 0.2) is 0 Å². The number of carbonyl (C=O) groups is 1. The third kappa shape index (κ3) is 4.98. The Kier molecular flexibility index (Phi) is 6.83. The molecule has 3 rings (SSSR count). The number of rotatable bonds is 6. The summed E-state index contributed by atoms with van der Waals surface area (Å²) in [6.45, 7) is 8.96. The minimum atomic E-state index is 0.0832. The summed E-state index contributed by atoms with van der Waals surface area (Å²) < 4.78 is 0. The smallest absolute Gasteiger partial charge is 0.273 e. The summed E-state index contributed by atoms with van der Waals surface area (Å²) in [5.74, 6) is 0.0832. The van der Waals surface area contributed by atoms with Crippen LogP contribution < -0.4 is 0 Å². The Morgan fingerprint density at radius 2 is 2.00 bits per heavy atom. The number of likely N-dealkylation sites (tertiary alicyclic amines) is 1. The van der Waals surface area contributed by atoms with Gasteiger partial charge in [-0.05, 0) is 62.8 Å². The second-order valence-electron chi connectivity index (χ2n) is 7.54. The van der Waals surface area contributed by atoms with Crippen LogP contribution in [0.5, 0.6) is 0 Å². The molecule has 0 atom stereocenters. The van der Waals surface area contributed by atoms with Gasteiger partial charge in [-0.25, -0.2) is 9.98 Å². The lowest BCUT2D eigenvalue weighted by Crippen LogP contribution is -2.35. The highest BCUT2D eigenvalue weighted by Crippen LogP contribution is 2.26. The third-order valence-electron chi connectivity index (χ3n) is 5.30. The molecule has 1 aromatic heterocycles. The molecule has 1 aromatic carbocycles. The van der Waals surface area contributed by atoms with Crippen molar-refractivity contribution >= 4 is 29.3 Å². The highest BCUT2D eigenvalue weighted by molar-refractivity contribution is 7.09. The fraction of sp³-hybridized carbons (Fsp3) is 0.500. The van der Waals surface area contributed by atoms with Gasteiger partial charge in [0.2, 0.25) is 0 Å². The van der Waals surface area contributed by atoms with Crippen LogP contribution in [0.1, 0.15) is 58.4 Å². The molecule has 0 radical (unpaired) electrons. The zero-order valence-corrected chi connectivity index (χ0v) is 18.2. The van der Waals surface area contributed by atoms with E-state index < -0.39 is 0 Å². The maximum Gasteiger partial charge on any atom is 0.273 e. The molecule has 0 saturated carbocycles. The van der Waals surface area contributed by atoms with Crippen LogP contribution in [-0.2, 0) is 6.42 Å². The van der Waals surface area contributed by atoms with Crippen molar-refractivity contribution in [3.8, 4) is 0 Å². The van der Waals surface area contributed by atoms with E-state index in [1.54, 1.807) is 11.3 Å². The Hall–Kier alpha value is -2.21. The molecule has 150 valence electrons. The molecule has 28 heavy (non-hydrogen) atoms. The molecular weight excluding hydrogens is 368 g/mol. The highest BCUT2D eigenvalue weighted by Gasteiger charge is 2.20. The first-order valence-electron chi connectivity index (χ1n) is 10.1. The van der Waals surface area contributed by atoms with Gasteiger partial charge in [-0.1, -0.05) is 6.07 Å². The van der Waals surface area contributed by atoms with Gasteiger partial charge in [0, 0.05) is 38.5 Å². The van der Waals surface area contributed by atoms with Crippen molar-refractivity contribution < 1.29 is 4.79 Å². The fourth-order valence-corrected chi connectivity index (χ4v) is 4.14. The Morgan fingerprint density at radius 1 is 1.25 bits per heavy atom. The average Bonchev–Trinajstić information content (AvgIpc) is 3.17. The van der Waals surface area contributed by atoms with Crippen molar-refractivity contribution in [2.24, 2.45) is 4.99 Å². The number of amides is 1. The molecule has 2 heterocycles. The van der Waals surface area contributed by atoms with Gasteiger partial charge in [-0.15, -0.1) is 11.3 Å². The van der Waals surface area contributed by atoms with Crippen LogP contribution in [0, 0.1) is 13.8 Å². The van der Waals surface area contributed by atoms with Crippen LogP contribution >= 0.6 is 11.3 Å². The Balaban J connectivity index is 1.72. The SMILES string of the molecule is CCN(C)/C=N/c1cc(C)c(Cc2nc(C(=O)N3CCCCC3)cs2)cc1C. The van der Waals surface area contributed by atoms with E-state index in [-0.39, 0.29) is 5.91 Å². The van der Waals surface area contributed by atoms with E-state index in [4.69, 9.17) is 0 Å². The van der Waals surface area contributed by atoms with E-state index >= 15 is 0 Å². The number of thiazole rings is 1. The topological polar surface area (TPSA) is 48.8 Å². The molecule has 0 spiro atoms. The number of benzene rings is 1. The number of hydrogen-bond donors (Lipinski definition) is 0. The molecular formula is C22H30N4OS. The lowest BCUT2D eigenvalue weighted by Gasteiger charge is -2.25. The first-order chi connectivity index (χ1) is 13.5. The van der Waals surface area contributed by atoms with Gasteiger partial charge >= 0.3 is 0 Å². The van der Waals surface area contributed by atoms with Gasteiger partial charge in [-0.3, -0.25) is 4.79 Å². The Morgan fingerprint density at radius 3 is 2.71 bits per heavy atom. The monoisotopic (exact) mass is 398 g/mol. The predicted octanol–water partition coefficient (Wildman–Crippen LogP) is 4.59. The zero-order chi connectivity index (χ0) is 20.1. The van der Waals surface area contributed by atoms with Crippen molar-refractivity contribution in [3.05, 3.63) is 44.9 Å². The number of aryl methyl sites for hydroxylation is 2. The van der Waals surface area contributed by atoms with E-state index in [2.05, 4.69) is 47.8 Å². The third-order valence-corrected chi connectivity index (χ3v) is 6.15. The minimum Gasteiger partial charge on any atom is -0.366 e. The fourth-order valence-electron chi connectivity index (χ4n) is 3.34. The van der Waals surface area contributed by atoms with Crippen molar-refractivity contribution in [2.45, 2.75) is 46.5 Å². The maximum atomic E-state index is 12.6.